The first-order valence-corrected chi connectivity index (χ1v) is 10.0. The van der Waals surface area contributed by atoms with Crippen molar-refractivity contribution >= 4 is 22.6 Å². The number of H-pyrrole nitrogens is 1. The highest BCUT2D eigenvalue weighted by Gasteiger charge is 2.12. The third-order valence-electron chi connectivity index (χ3n) is 5.09. The number of nitrogens with zero attached hydrogens (tertiary/aromatic N) is 3. The molecule has 1 saturated heterocycles. The quantitative estimate of drug-likeness (QED) is 0.538. The van der Waals surface area contributed by atoms with Crippen LogP contribution in [0.3, 0.4) is 0 Å². The first-order valence-electron chi connectivity index (χ1n) is 10.0. The number of aromatic nitrogens is 3. The third-order valence-corrected chi connectivity index (χ3v) is 5.09. The monoisotopic (exact) mass is 394 g/mol. The molecule has 0 bridgehead atoms. The number of nitrogens with one attached hydrogen (secondary N) is 3. The van der Waals surface area contributed by atoms with E-state index in [1.165, 1.54) is 10.9 Å². The van der Waals surface area contributed by atoms with Crippen LogP contribution in [-0.4, -0.2) is 71.9 Å². The molecule has 3 aromatic rings. The minimum Gasteiger partial charge on any atom is -0.379 e. The van der Waals surface area contributed by atoms with Gasteiger partial charge >= 0.3 is 0 Å². The second-order valence-electron chi connectivity index (χ2n) is 7.05. The van der Waals surface area contributed by atoms with Crippen LogP contribution in [0, 0.1) is 0 Å². The highest BCUT2D eigenvalue weighted by Crippen LogP contribution is 2.18. The summed E-state index contributed by atoms with van der Waals surface area (Å²) >= 11 is 0. The Labute approximate surface area is 169 Å². The Kier molecular flexibility index (Phi) is 6.33. The zero-order chi connectivity index (χ0) is 19.9. The second kappa shape index (κ2) is 9.49. The van der Waals surface area contributed by atoms with Crippen molar-refractivity contribution in [3.63, 3.8) is 0 Å². The molecular weight excluding hydrogens is 368 g/mol. The van der Waals surface area contributed by atoms with Crippen LogP contribution < -0.4 is 10.6 Å². The molecule has 3 N–H and O–H groups in total. The number of carbonyl (C=O) groups is 1. The lowest BCUT2D eigenvalue weighted by Crippen LogP contribution is -2.41. The molecule has 0 radical (unpaired) electrons. The van der Waals surface area contributed by atoms with E-state index in [4.69, 9.17) is 4.74 Å². The van der Waals surface area contributed by atoms with Crippen molar-refractivity contribution in [2.45, 2.75) is 6.42 Å². The van der Waals surface area contributed by atoms with Crippen LogP contribution in [0.25, 0.3) is 10.9 Å². The summed E-state index contributed by atoms with van der Waals surface area (Å²) in [7, 11) is 0. The predicted molar refractivity (Wildman–Crippen MR) is 112 cm³/mol. The normalized spacial score (nSPS) is 14.8. The van der Waals surface area contributed by atoms with Crippen molar-refractivity contribution in [1.82, 2.24) is 25.4 Å². The number of anilines is 1. The smallest absolute Gasteiger partial charge is 0.271 e. The van der Waals surface area contributed by atoms with Crippen molar-refractivity contribution in [3.05, 3.63) is 53.9 Å². The zero-order valence-electron chi connectivity index (χ0n) is 16.4. The topological polar surface area (TPSA) is 95.2 Å². The van der Waals surface area contributed by atoms with Crippen molar-refractivity contribution in [2.24, 2.45) is 0 Å². The number of hydrogen-bond donors (Lipinski definition) is 3. The van der Waals surface area contributed by atoms with Gasteiger partial charge in [0.25, 0.3) is 5.91 Å². The lowest BCUT2D eigenvalue weighted by atomic mass is 10.1. The lowest BCUT2D eigenvalue weighted by Gasteiger charge is -2.26. The molecule has 1 aromatic carbocycles. The molecule has 3 heterocycles. The van der Waals surface area contributed by atoms with Gasteiger partial charge in [-0.2, -0.15) is 0 Å². The summed E-state index contributed by atoms with van der Waals surface area (Å²) in [4.78, 5) is 17.8. The summed E-state index contributed by atoms with van der Waals surface area (Å²) in [6.07, 6.45) is 2.91. The average molecular weight is 394 g/mol. The van der Waals surface area contributed by atoms with Crippen molar-refractivity contribution in [3.8, 4) is 0 Å². The minimum absolute atomic E-state index is 0.198. The van der Waals surface area contributed by atoms with E-state index in [9.17, 15) is 4.79 Å². The van der Waals surface area contributed by atoms with E-state index < -0.39 is 0 Å². The van der Waals surface area contributed by atoms with Crippen LogP contribution in [0.1, 0.15) is 16.1 Å². The Morgan fingerprint density at radius 2 is 1.97 bits per heavy atom. The first-order chi connectivity index (χ1) is 14.3. The summed E-state index contributed by atoms with van der Waals surface area (Å²) in [5, 5.41) is 15.6. The maximum Gasteiger partial charge on any atom is 0.271 e. The van der Waals surface area contributed by atoms with Crippen LogP contribution in [0.5, 0.6) is 0 Å². The maximum atomic E-state index is 12.2. The van der Waals surface area contributed by atoms with Crippen molar-refractivity contribution < 1.29 is 9.53 Å². The van der Waals surface area contributed by atoms with Gasteiger partial charge < -0.3 is 20.4 Å². The Morgan fingerprint density at radius 3 is 2.79 bits per heavy atom. The standard InChI is InChI=1S/C21H26N6O2/c28-21(23-9-10-27-11-13-29-14-12-27)19-5-6-20(26-25-19)22-8-7-16-15-24-18-4-2-1-3-17(16)18/h1-6,15,24H,7-14H2,(H,22,26)(H,23,28). The molecule has 1 amide bonds. The predicted octanol–water partition coefficient (Wildman–Crippen LogP) is 1.67. The number of aromatic amines is 1. The number of benzene rings is 1. The SMILES string of the molecule is O=C(NCCN1CCOCC1)c1ccc(NCCc2c[nH]c3ccccc23)nn1. The van der Waals surface area contributed by atoms with Gasteiger partial charge in [-0.15, -0.1) is 10.2 Å². The van der Waals surface area contributed by atoms with Crippen LogP contribution in [0.4, 0.5) is 5.82 Å². The van der Waals surface area contributed by atoms with Gasteiger partial charge in [-0.3, -0.25) is 9.69 Å². The summed E-state index contributed by atoms with van der Waals surface area (Å²) in [6, 6.07) is 11.8. The van der Waals surface area contributed by atoms with Gasteiger partial charge in [-0.25, -0.2) is 0 Å². The fraction of sp³-hybridized carbons (Fsp3) is 0.381. The molecule has 1 fully saturated rings. The Hall–Kier alpha value is -2.97. The molecule has 1 aliphatic heterocycles. The van der Waals surface area contributed by atoms with Gasteiger partial charge in [0.05, 0.1) is 13.2 Å². The highest BCUT2D eigenvalue weighted by molar-refractivity contribution is 5.92. The number of hydrogen-bond acceptors (Lipinski definition) is 6. The Bertz CT molecular complexity index is 934. The summed E-state index contributed by atoms with van der Waals surface area (Å²) in [6.45, 7) is 5.48. The van der Waals surface area contributed by atoms with E-state index in [1.807, 2.05) is 18.3 Å². The molecule has 0 unspecified atom stereocenters. The van der Waals surface area contributed by atoms with Gasteiger partial charge in [0.1, 0.15) is 5.82 Å². The second-order valence-corrected chi connectivity index (χ2v) is 7.05. The first kappa shape index (κ1) is 19.4. The van der Waals surface area contributed by atoms with Crippen molar-refractivity contribution in [1.29, 1.82) is 0 Å². The van der Waals surface area contributed by atoms with Crippen LogP contribution in [0.15, 0.2) is 42.6 Å². The fourth-order valence-corrected chi connectivity index (χ4v) is 3.45. The summed E-state index contributed by atoms with van der Waals surface area (Å²) in [5.41, 5.74) is 2.73. The van der Waals surface area contributed by atoms with Crippen molar-refractivity contribution in [2.75, 3.05) is 51.3 Å². The van der Waals surface area contributed by atoms with E-state index in [0.29, 0.717) is 18.1 Å². The number of carbonyl (C=O) groups excluding carboxylic acids is 1. The fourth-order valence-electron chi connectivity index (χ4n) is 3.45. The minimum atomic E-state index is -0.198. The number of amides is 1. The molecule has 0 aliphatic carbocycles. The third kappa shape index (κ3) is 5.10. The molecular formula is C21H26N6O2. The van der Waals surface area contributed by atoms with E-state index in [-0.39, 0.29) is 5.91 Å². The van der Waals surface area contributed by atoms with Gasteiger partial charge in [-0.05, 0) is 30.2 Å². The summed E-state index contributed by atoms with van der Waals surface area (Å²) in [5.74, 6) is 0.464. The van der Waals surface area contributed by atoms with E-state index >= 15 is 0 Å². The number of morpholine rings is 1. The summed E-state index contributed by atoms with van der Waals surface area (Å²) < 4.78 is 5.32. The molecule has 0 spiro atoms. The largest absolute Gasteiger partial charge is 0.379 e. The van der Waals surface area contributed by atoms with E-state index in [0.717, 1.165) is 51.3 Å². The van der Waals surface area contributed by atoms with Gasteiger partial charge in [0, 0.05) is 49.8 Å². The van der Waals surface area contributed by atoms with E-state index in [2.05, 4.69) is 42.8 Å². The average Bonchev–Trinajstić information content (AvgIpc) is 3.18. The molecule has 8 nitrogen and oxygen atoms in total. The number of ether oxygens (including phenoxy) is 1. The molecule has 8 heteroatoms. The van der Waals surface area contributed by atoms with Gasteiger partial charge in [0.2, 0.25) is 0 Å². The Morgan fingerprint density at radius 1 is 1.10 bits per heavy atom. The molecule has 4 rings (SSSR count). The van der Waals surface area contributed by atoms with Gasteiger partial charge in [-0.1, -0.05) is 18.2 Å². The molecule has 152 valence electrons. The van der Waals surface area contributed by atoms with E-state index in [1.54, 1.807) is 12.1 Å². The Balaban J connectivity index is 1.21. The number of para-hydroxylation sites is 1. The van der Waals surface area contributed by atoms with Crippen LogP contribution in [-0.2, 0) is 11.2 Å². The van der Waals surface area contributed by atoms with Crippen LogP contribution in [0.2, 0.25) is 0 Å². The molecule has 29 heavy (non-hydrogen) atoms. The van der Waals surface area contributed by atoms with Crippen LogP contribution >= 0.6 is 0 Å². The number of fused-ring (bicyclic) bond motifs is 1. The van der Waals surface area contributed by atoms with Gasteiger partial charge in [0.15, 0.2) is 5.69 Å². The molecule has 2 aromatic heterocycles. The molecule has 0 atom stereocenters. The molecule has 0 saturated carbocycles. The molecule has 1 aliphatic rings. The lowest BCUT2D eigenvalue weighted by molar-refractivity contribution is 0.0383. The zero-order valence-corrected chi connectivity index (χ0v) is 16.4. The highest BCUT2D eigenvalue weighted by atomic mass is 16.5. The number of rotatable bonds is 8. The maximum absolute atomic E-state index is 12.2.